The molecule has 1 heterocycles. The Kier molecular flexibility index (Phi) is 3.50. The van der Waals surface area contributed by atoms with Gasteiger partial charge in [-0.25, -0.2) is 4.98 Å². The van der Waals surface area contributed by atoms with E-state index in [0.717, 1.165) is 22.0 Å². The van der Waals surface area contributed by atoms with E-state index in [1.165, 1.54) is 0 Å². The number of aromatic nitrogens is 2. The summed E-state index contributed by atoms with van der Waals surface area (Å²) < 4.78 is 1.98. The molecule has 1 aromatic carbocycles. The number of benzene rings is 1. The highest BCUT2D eigenvalue weighted by molar-refractivity contribution is 6.31. The molecule has 0 fully saturated rings. The highest BCUT2D eigenvalue weighted by Gasteiger charge is 2.10. The fourth-order valence-electron chi connectivity index (χ4n) is 1.82. The molecule has 1 unspecified atom stereocenters. The number of hydrogen-bond acceptors (Lipinski definition) is 2. The average molecular weight is 250 g/mol. The highest BCUT2D eigenvalue weighted by Crippen LogP contribution is 2.27. The van der Waals surface area contributed by atoms with Gasteiger partial charge in [0.05, 0.1) is 0 Å². The molecule has 2 aromatic rings. The number of rotatable bonds is 3. The average Bonchev–Trinajstić information content (AvgIpc) is 2.74. The predicted octanol–water partition coefficient (Wildman–Crippen LogP) is 3.02. The van der Waals surface area contributed by atoms with E-state index in [-0.39, 0.29) is 6.04 Å². The maximum atomic E-state index is 6.30. The van der Waals surface area contributed by atoms with Crippen molar-refractivity contribution in [3.05, 3.63) is 41.2 Å². The molecule has 1 N–H and O–H groups in total. The second kappa shape index (κ2) is 4.90. The second-order valence-corrected chi connectivity index (χ2v) is 4.52. The van der Waals surface area contributed by atoms with Crippen molar-refractivity contribution < 1.29 is 0 Å². The number of halogens is 1. The Labute approximate surface area is 106 Å². The summed E-state index contributed by atoms with van der Waals surface area (Å²) in [5.41, 5.74) is 2.14. The molecule has 3 nitrogen and oxygen atoms in total. The lowest BCUT2D eigenvalue weighted by Gasteiger charge is -2.13. The summed E-state index contributed by atoms with van der Waals surface area (Å²) in [6.45, 7) is 2.08. The first-order valence-corrected chi connectivity index (χ1v) is 5.95. The first kappa shape index (κ1) is 12.1. The number of aryl methyl sites for hydroxylation is 1. The molecule has 0 bridgehead atoms. The van der Waals surface area contributed by atoms with Crippen LogP contribution in [0.1, 0.15) is 18.5 Å². The summed E-state index contributed by atoms with van der Waals surface area (Å²) >= 11 is 6.30. The standard InChI is InChI=1S/C13H16ClN3/c1-9(15-2)11-5-4-10(8-12(11)14)13-16-6-7-17(13)3/h4-9,15H,1-3H3. The van der Waals surface area contributed by atoms with Crippen molar-refractivity contribution in [2.45, 2.75) is 13.0 Å². The molecule has 4 heteroatoms. The Morgan fingerprint density at radius 3 is 2.71 bits per heavy atom. The Morgan fingerprint density at radius 2 is 2.18 bits per heavy atom. The van der Waals surface area contributed by atoms with Gasteiger partial charge in [-0.1, -0.05) is 23.7 Å². The van der Waals surface area contributed by atoms with E-state index in [0.29, 0.717) is 0 Å². The third-order valence-corrected chi connectivity index (χ3v) is 3.31. The van der Waals surface area contributed by atoms with Gasteiger partial charge in [-0.2, -0.15) is 0 Å². The quantitative estimate of drug-likeness (QED) is 0.906. The van der Waals surface area contributed by atoms with E-state index in [1.54, 1.807) is 6.20 Å². The van der Waals surface area contributed by atoms with Gasteiger partial charge in [-0.05, 0) is 25.6 Å². The van der Waals surface area contributed by atoms with Crippen molar-refractivity contribution in [2.75, 3.05) is 7.05 Å². The van der Waals surface area contributed by atoms with Crippen molar-refractivity contribution in [3.63, 3.8) is 0 Å². The monoisotopic (exact) mass is 249 g/mol. The second-order valence-electron chi connectivity index (χ2n) is 4.11. The Morgan fingerprint density at radius 1 is 1.41 bits per heavy atom. The molecular weight excluding hydrogens is 234 g/mol. The summed E-state index contributed by atoms with van der Waals surface area (Å²) in [7, 11) is 3.90. The maximum absolute atomic E-state index is 6.30. The van der Waals surface area contributed by atoms with Crippen molar-refractivity contribution in [1.29, 1.82) is 0 Å². The molecule has 0 saturated heterocycles. The van der Waals surface area contributed by atoms with Gasteiger partial charge in [0, 0.05) is 36.1 Å². The molecule has 90 valence electrons. The van der Waals surface area contributed by atoms with Crippen molar-refractivity contribution in [2.24, 2.45) is 7.05 Å². The maximum Gasteiger partial charge on any atom is 0.139 e. The molecule has 0 aliphatic heterocycles. The molecule has 1 aromatic heterocycles. The summed E-state index contributed by atoms with van der Waals surface area (Å²) in [6, 6.07) is 6.32. The van der Waals surface area contributed by atoms with Gasteiger partial charge in [0.25, 0.3) is 0 Å². The van der Waals surface area contributed by atoms with Crippen LogP contribution in [0.4, 0.5) is 0 Å². The van der Waals surface area contributed by atoms with Crippen LogP contribution in [0.25, 0.3) is 11.4 Å². The van der Waals surface area contributed by atoms with Gasteiger partial charge in [0.2, 0.25) is 0 Å². The molecule has 0 aliphatic carbocycles. The molecule has 0 aliphatic rings. The number of nitrogens with one attached hydrogen (secondary N) is 1. The molecular formula is C13H16ClN3. The van der Waals surface area contributed by atoms with Gasteiger partial charge >= 0.3 is 0 Å². The van der Waals surface area contributed by atoms with Crippen LogP contribution in [0.2, 0.25) is 5.02 Å². The van der Waals surface area contributed by atoms with Gasteiger partial charge in [-0.15, -0.1) is 0 Å². The fraction of sp³-hybridized carbons (Fsp3) is 0.308. The van der Waals surface area contributed by atoms with E-state index in [2.05, 4.69) is 23.3 Å². The number of nitrogens with zero attached hydrogens (tertiary/aromatic N) is 2. The third-order valence-electron chi connectivity index (χ3n) is 2.98. The molecule has 1 atom stereocenters. The van der Waals surface area contributed by atoms with E-state index < -0.39 is 0 Å². The van der Waals surface area contributed by atoms with Crippen LogP contribution in [0.5, 0.6) is 0 Å². The minimum atomic E-state index is 0.248. The molecule has 2 rings (SSSR count). The summed E-state index contributed by atoms with van der Waals surface area (Å²) in [5, 5.41) is 3.95. The zero-order valence-corrected chi connectivity index (χ0v) is 11.0. The fourth-order valence-corrected chi connectivity index (χ4v) is 2.16. The molecule has 0 saturated carbocycles. The smallest absolute Gasteiger partial charge is 0.139 e. The van der Waals surface area contributed by atoms with Gasteiger partial charge < -0.3 is 9.88 Å². The Balaban J connectivity index is 2.41. The van der Waals surface area contributed by atoms with Crippen LogP contribution < -0.4 is 5.32 Å². The van der Waals surface area contributed by atoms with Crippen LogP contribution in [0, 0.1) is 0 Å². The van der Waals surface area contributed by atoms with Crippen LogP contribution in [0.15, 0.2) is 30.6 Å². The minimum Gasteiger partial charge on any atom is -0.334 e. The van der Waals surface area contributed by atoms with Crippen LogP contribution in [0.3, 0.4) is 0 Å². The zero-order chi connectivity index (χ0) is 12.4. The van der Waals surface area contributed by atoms with Crippen molar-refractivity contribution in [1.82, 2.24) is 14.9 Å². The third kappa shape index (κ3) is 2.35. The van der Waals surface area contributed by atoms with E-state index in [1.807, 2.05) is 37.0 Å². The lowest BCUT2D eigenvalue weighted by molar-refractivity contribution is 0.652. The number of hydrogen-bond donors (Lipinski definition) is 1. The van der Waals surface area contributed by atoms with Crippen LogP contribution in [-0.4, -0.2) is 16.6 Å². The first-order valence-electron chi connectivity index (χ1n) is 5.58. The van der Waals surface area contributed by atoms with E-state index in [9.17, 15) is 0 Å². The summed E-state index contributed by atoms with van der Waals surface area (Å²) in [5.74, 6) is 0.926. The summed E-state index contributed by atoms with van der Waals surface area (Å²) in [4.78, 5) is 4.31. The molecule has 0 spiro atoms. The van der Waals surface area contributed by atoms with Gasteiger partial charge in [0.1, 0.15) is 5.82 Å². The lowest BCUT2D eigenvalue weighted by atomic mass is 10.1. The molecule has 17 heavy (non-hydrogen) atoms. The first-order chi connectivity index (χ1) is 8.13. The minimum absolute atomic E-state index is 0.248. The molecule has 0 amide bonds. The highest BCUT2D eigenvalue weighted by atomic mass is 35.5. The van der Waals surface area contributed by atoms with E-state index in [4.69, 9.17) is 11.6 Å². The lowest BCUT2D eigenvalue weighted by Crippen LogP contribution is -2.12. The zero-order valence-electron chi connectivity index (χ0n) is 10.2. The normalized spacial score (nSPS) is 12.7. The number of imidazole rings is 1. The summed E-state index contributed by atoms with van der Waals surface area (Å²) in [6.07, 6.45) is 3.71. The topological polar surface area (TPSA) is 29.9 Å². The Hall–Kier alpha value is -1.32. The van der Waals surface area contributed by atoms with E-state index >= 15 is 0 Å². The van der Waals surface area contributed by atoms with Crippen molar-refractivity contribution >= 4 is 11.6 Å². The van der Waals surface area contributed by atoms with Crippen LogP contribution in [-0.2, 0) is 7.05 Å². The van der Waals surface area contributed by atoms with Gasteiger partial charge in [0.15, 0.2) is 0 Å². The molecule has 0 radical (unpaired) electrons. The van der Waals surface area contributed by atoms with Gasteiger partial charge in [-0.3, -0.25) is 0 Å². The van der Waals surface area contributed by atoms with Crippen molar-refractivity contribution in [3.8, 4) is 11.4 Å². The Bertz CT molecular complexity index is 519. The van der Waals surface area contributed by atoms with Crippen LogP contribution >= 0.6 is 11.6 Å². The SMILES string of the molecule is CNC(C)c1ccc(-c2nccn2C)cc1Cl. The predicted molar refractivity (Wildman–Crippen MR) is 71.1 cm³/mol. The largest absolute Gasteiger partial charge is 0.334 e.